The Labute approximate surface area is 86.3 Å². The normalized spacial score (nSPS) is 39.8. The maximum absolute atomic E-state index is 10.3. The second-order valence-corrected chi connectivity index (χ2v) is 4.82. The number of nitriles is 1. The van der Waals surface area contributed by atoms with Crippen molar-refractivity contribution in [1.29, 1.82) is 5.26 Å². The fourth-order valence-corrected chi connectivity index (χ4v) is 2.39. The van der Waals surface area contributed by atoms with Crippen molar-refractivity contribution in [3.05, 3.63) is 0 Å². The molecule has 1 rings (SSSR count). The molecule has 3 atom stereocenters. The number of likely N-dealkylation sites (N-methyl/N-ethyl adjacent to an activating group) is 1. The first kappa shape index (κ1) is 11.5. The van der Waals surface area contributed by atoms with E-state index >= 15 is 0 Å². The van der Waals surface area contributed by atoms with Gasteiger partial charge in [0, 0.05) is 5.54 Å². The predicted octanol–water partition coefficient (Wildman–Crippen LogP) is 1.52. The molecule has 0 spiro atoms. The molecule has 0 aromatic rings. The van der Waals surface area contributed by atoms with Gasteiger partial charge in [-0.05, 0) is 47.1 Å². The third-order valence-electron chi connectivity index (χ3n) is 4.03. The topological polar surface area (TPSA) is 47.3 Å². The number of aliphatic hydroxyl groups is 1. The van der Waals surface area contributed by atoms with Gasteiger partial charge in [-0.3, -0.25) is 4.90 Å². The maximum atomic E-state index is 10.3. The predicted molar refractivity (Wildman–Crippen MR) is 55.7 cm³/mol. The lowest BCUT2D eigenvalue weighted by molar-refractivity contribution is -0.0689. The summed E-state index contributed by atoms with van der Waals surface area (Å²) in [7, 11) is 1.92. The fourth-order valence-electron chi connectivity index (χ4n) is 2.39. The van der Waals surface area contributed by atoms with Crippen LogP contribution < -0.4 is 0 Å². The molecule has 0 radical (unpaired) electrons. The third-order valence-corrected chi connectivity index (χ3v) is 4.03. The van der Waals surface area contributed by atoms with Crippen LogP contribution in [0.15, 0.2) is 0 Å². The standard InChI is InChI=1S/C11H20N2O/c1-9(8-12)13(4)10(2)6-5-7-11(10,3)14/h9,14H,5-7H2,1-4H3. The molecule has 0 aromatic heterocycles. The minimum atomic E-state index is -0.674. The van der Waals surface area contributed by atoms with Crippen LogP contribution in [0.4, 0.5) is 0 Å². The zero-order valence-corrected chi connectivity index (χ0v) is 9.54. The van der Waals surface area contributed by atoms with Crippen LogP contribution in [0.3, 0.4) is 0 Å². The van der Waals surface area contributed by atoms with E-state index in [2.05, 4.69) is 6.07 Å². The fraction of sp³-hybridized carbons (Fsp3) is 0.909. The molecule has 0 bridgehead atoms. The summed E-state index contributed by atoms with van der Waals surface area (Å²) in [5, 5.41) is 19.2. The van der Waals surface area contributed by atoms with Gasteiger partial charge in [-0.1, -0.05) is 0 Å². The van der Waals surface area contributed by atoms with Gasteiger partial charge in [-0.2, -0.15) is 5.26 Å². The second kappa shape index (κ2) is 3.52. The largest absolute Gasteiger partial charge is 0.388 e. The van der Waals surface area contributed by atoms with E-state index in [1.54, 1.807) is 0 Å². The molecule has 1 aliphatic rings. The van der Waals surface area contributed by atoms with Gasteiger partial charge >= 0.3 is 0 Å². The molecule has 0 amide bonds. The summed E-state index contributed by atoms with van der Waals surface area (Å²) >= 11 is 0. The van der Waals surface area contributed by atoms with Crippen LogP contribution in [0.1, 0.15) is 40.0 Å². The van der Waals surface area contributed by atoms with Crippen molar-refractivity contribution in [2.24, 2.45) is 0 Å². The summed E-state index contributed by atoms with van der Waals surface area (Å²) in [5.41, 5.74) is -0.936. The highest BCUT2D eigenvalue weighted by Crippen LogP contribution is 2.43. The van der Waals surface area contributed by atoms with Crippen molar-refractivity contribution in [2.45, 2.75) is 57.2 Å². The zero-order chi connectivity index (χ0) is 11.0. The van der Waals surface area contributed by atoms with E-state index in [0.29, 0.717) is 0 Å². The number of hydrogen-bond acceptors (Lipinski definition) is 3. The molecule has 14 heavy (non-hydrogen) atoms. The minimum Gasteiger partial charge on any atom is -0.388 e. The lowest BCUT2D eigenvalue weighted by Crippen LogP contribution is -2.58. The van der Waals surface area contributed by atoms with E-state index in [1.807, 2.05) is 32.7 Å². The lowest BCUT2D eigenvalue weighted by Gasteiger charge is -2.45. The first-order valence-corrected chi connectivity index (χ1v) is 5.20. The molecular formula is C11H20N2O. The number of nitrogens with zero attached hydrogens (tertiary/aromatic N) is 2. The van der Waals surface area contributed by atoms with Crippen LogP contribution >= 0.6 is 0 Å². The van der Waals surface area contributed by atoms with Crippen molar-refractivity contribution in [2.75, 3.05) is 7.05 Å². The van der Waals surface area contributed by atoms with E-state index in [1.165, 1.54) is 0 Å². The molecule has 80 valence electrons. The smallest absolute Gasteiger partial charge is 0.0952 e. The van der Waals surface area contributed by atoms with E-state index in [9.17, 15) is 5.11 Å². The molecule has 0 heterocycles. The molecule has 0 aromatic carbocycles. The van der Waals surface area contributed by atoms with Crippen LogP contribution in [0.2, 0.25) is 0 Å². The van der Waals surface area contributed by atoms with Gasteiger partial charge in [-0.25, -0.2) is 0 Å². The summed E-state index contributed by atoms with van der Waals surface area (Å²) < 4.78 is 0. The summed E-state index contributed by atoms with van der Waals surface area (Å²) in [6.45, 7) is 5.80. The van der Waals surface area contributed by atoms with Gasteiger partial charge in [0.25, 0.3) is 0 Å². The molecule has 3 unspecified atom stereocenters. The average Bonchev–Trinajstić information content (AvgIpc) is 2.40. The highest BCUT2D eigenvalue weighted by atomic mass is 16.3. The summed E-state index contributed by atoms with van der Waals surface area (Å²) in [6.07, 6.45) is 2.82. The quantitative estimate of drug-likeness (QED) is 0.728. The Morgan fingerprint density at radius 2 is 2.00 bits per heavy atom. The van der Waals surface area contributed by atoms with Crippen molar-refractivity contribution in [3.8, 4) is 6.07 Å². The monoisotopic (exact) mass is 196 g/mol. The molecule has 1 fully saturated rings. The van der Waals surface area contributed by atoms with Gasteiger partial charge < -0.3 is 5.11 Å². The van der Waals surface area contributed by atoms with Crippen molar-refractivity contribution < 1.29 is 5.11 Å². The average molecular weight is 196 g/mol. The second-order valence-electron chi connectivity index (χ2n) is 4.82. The van der Waals surface area contributed by atoms with Crippen LogP contribution in [0.25, 0.3) is 0 Å². The van der Waals surface area contributed by atoms with Gasteiger partial charge in [0.2, 0.25) is 0 Å². The lowest BCUT2D eigenvalue weighted by atomic mass is 9.84. The Hall–Kier alpha value is -0.590. The van der Waals surface area contributed by atoms with Crippen LogP contribution in [-0.2, 0) is 0 Å². The Bertz CT molecular complexity index is 257. The van der Waals surface area contributed by atoms with E-state index in [0.717, 1.165) is 19.3 Å². The SMILES string of the molecule is CC(C#N)N(C)C1(C)CCCC1(C)O. The first-order chi connectivity index (χ1) is 6.35. The molecule has 1 aliphatic carbocycles. The van der Waals surface area contributed by atoms with E-state index < -0.39 is 5.60 Å². The van der Waals surface area contributed by atoms with Crippen molar-refractivity contribution in [3.63, 3.8) is 0 Å². The molecule has 0 aliphatic heterocycles. The van der Waals surface area contributed by atoms with Crippen molar-refractivity contribution in [1.82, 2.24) is 4.90 Å². The molecule has 0 saturated heterocycles. The summed E-state index contributed by atoms with van der Waals surface area (Å²) in [4.78, 5) is 2.00. The highest BCUT2D eigenvalue weighted by molar-refractivity contribution is 5.08. The molecule has 1 N–H and O–H groups in total. The number of hydrogen-bond donors (Lipinski definition) is 1. The first-order valence-electron chi connectivity index (χ1n) is 5.20. The Morgan fingerprint density at radius 1 is 1.43 bits per heavy atom. The van der Waals surface area contributed by atoms with Gasteiger partial charge in [0.05, 0.1) is 17.7 Å². The zero-order valence-electron chi connectivity index (χ0n) is 9.54. The minimum absolute atomic E-state index is 0.149. The van der Waals surface area contributed by atoms with E-state index in [4.69, 9.17) is 5.26 Å². The Morgan fingerprint density at radius 3 is 2.36 bits per heavy atom. The van der Waals surface area contributed by atoms with Crippen LogP contribution in [0, 0.1) is 11.3 Å². The Kier molecular flexibility index (Phi) is 2.89. The summed E-state index contributed by atoms with van der Waals surface area (Å²) in [5.74, 6) is 0. The molecule has 3 nitrogen and oxygen atoms in total. The molecule has 3 heteroatoms. The van der Waals surface area contributed by atoms with Gasteiger partial charge in [0.15, 0.2) is 0 Å². The summed E-state index contributed by atoms with van der Waals surface area (Å²) in [6, 6.07) is 2.07. The maximum Gasteiger partial charge on any atom is 0.0952 e. The van der Waals surface area contributed by atoms with Crippen LogP contribution in [0.5, 0.6) is 0 Å². The van der Waals surface area contributed by atoms with Crippen LogP contribution in [-0.4, -0.2) is 34.2 Å². The van der Waals surface area contributed by atoms with Gasteiger partial charge in [0.1, 0.15) is 0 Å². The number of rotatable bonds is 2. The molecular weight excluding hydrogens is 176 g/mol. The van der Waals surface area contributed by atoms with Crippen molar-refractivity contribution >= 4 is 0 Å². The Balaban J connectivity index is 2.90. The third kappa shape index (κ3) is 1.53. The molecule has 1 saturated carbocycles. The van der Waals surface area contributed by atoms with Gasteiger partial charge in [-0.15, -0.1) is 0 Å². The van der Waals surface area contributed by atoms with E-state index in [-0.39, 0.29) is 11.6 Å². The highest BCUT2D eigenvalue weighted by Gasteiger charge is 2.50.